The second-order valence-corrected chi connectivity index (χ2v) is 8.14. The molecule has 0 amide bonds. The Hall–Kier alpha value is -0.980. The third kappa shape index (κ3) is 2.47. The van der Waals surface area contributed by atoms with Crippen LogP contribution in [-0.4, -0.2) is 57.0 Å². The first-order valence-corrected chi connectivity index (χ1v) is 8.72. The van der Waals surface area contributed by atoms with E-state index in [0.717, 1.165) is 0 Å². The SMILES string of the molecule is CCOC1(F)C=CC(S(=O)O)(S(C)(=O)=O)C(F)(F)C1C(=O)O. The van der Waals surface area contributed by atoms with E-state index in [1.165, 1.54) is 6.92 Å². The molecule has 7 nitrogen and oxygen atoms in total. The molecule has 0 radical (unpaired) electrons. The maximum atomic E-state index is 14.5. The maximum Gasteiger partial charge on any atom is 0.319 e. The molecule has 0 saturated heterocycles. The summed E-state index contributed by atoms with van der Waals surface area (Å²) in [4.78, 5) is 11.1. The molecule has 2 N–H and O–H groups in total. The lowest BCUT2D eigenvalue weighted by Gasteiger charge is -2.44. The third-order valence-corrected chi connectivity index (χ3v) is 6.95. The van der Waals surface area contributed by atoms with E-state index in [0.29, 0.717) is 0 Å². The summed E-state index contributed by atoms with van der Waals surface area (Å²) in [5.74, 6) is -14.2. The van der Waals surface area contributed by atoms with Gasteiger partial charge in [0.1, 0.15) is 0 Å². The van der Waals surface area contributed by atoms with Crippen molar-refractivity contribution in [1.29, 1.82) is 0 Å². The Labute approximate surface area is 126 Å². The standard InChI is InChI=1S/C10H13F3O7S2/c1-3-20-8(11)4-5-9(21(16)17,22(2,18)19)10(12,13)6(8)7(14)15/h4-6H,3H2,1-2H3,(H,14,15)(H,16,17). The molecule has 22 heavy (non-hydrogen) atoms. The van der Waals surface area contributed by atoms with Crippen LogP contribution in [0.15, 0.2) is 12.2 Å². The van der Waals surface area contributed by atoms with Crippen LogP contribution in [0.3, 0.4) is 0 Å². The molecule has 1 aliphatic rings. The average Bonchev–Trinajstić information content (AvgIpc) is 2.24. The number of ether oxygens (including phenoxy) is 1. The van der Waals surface area contributed by atoms with Gasteiger partial charge in [-0.2, -0.15) is 0 Å². The highest BCUT2D eigenvalue weighted by atomic mass is 32.3. The molecule has 1 aliphatic carbocycles. The van der Waals surface area contributed by atoms with Crippen LogP contribution in [0, 0.1) is 5.92 Å². The molecule has 0 aliphatic heterocycles. The summed E-state index contributed by atoms with van der Waals surface area (Å²) in [6, 6.07) is 0. The van der Waals surface area contributed by atoms with Crippen LogP contribution in [0.2, 0.25) is 0 Å². The van der Waals surface area contributed by atoms with E-state index in [2.05, 4.69) is 4.74 Å². The Bertz CT molecular complexity index is 632. The molecule has 4 atom stereocenters. The Morgan fingerprint density at radius 1 is 1.36 bits per heavy atom. The smallest absolute Gasteiger partial charge is 0.319 e. The second-order valence-electron chi connectivity index (χ2n) is 4.55. The predicted molar refractivity (Wildman–Crippen MR) is 69.0 cm³/mol. The highest BCUT2D eigenvalue weighted by molar-refractivity contribution is 8.05. The number of halogens is 3. The van der Waals surface area contributed by atoms with Gasteiger partial charge in [-0.05, 0) is 19.1 Å². The monoisotopic (exact) mass is 366 g/mol. The van der Waals surface area contributed by atoms with E-state index in [-0.39, 0.29) is 18.4 Å². The highest BCUT2D eigenvalue weighted by Gasteiger charge is 2.76. The van der Waals surface area contributed by atoms with Crippen LogP contribution in [0.4, 0.5) is 13.2 Å². The number of hydrogen-bond donors (Lipinski definition) is 2. The third-order valence-electron chi connectivity index (χ3n) is 3.17. The second kappa shape index (κ2) is 5.58. The van der Waals surface area contributed by atoms with E-state index in [1.54, 1.807) is 0 Å². The van der Waals surface area contributed by atoms with Crippen molar-refractivity contribution in [3.05, 3.63) is 12.2 Å². The summed E-state index contributed by atoms with van der Waals surface area (Å²) in [6.45, 7) is 0.712. The van der Waals surface area contributed by atoms with Gasteiger partial charge in [0.25, 0.3) is 4.08 Å². The van der Waals surface area contributed by atoms with E-state index in [4.69, 9.17) is 9.66 Å². The quantitative estimate of drug-likeness (QED) is 0.539. The van der Waals surface area contributed by atoms with Gasteiger partial charge in [0, 0.05) is 12.9 Å². The number of hydrogen-bond acceptors (Lipinski definition) is 5. The summed E-state index contributed by atoms with van der Waals surface area (Å²) < 4.78 is 87.8. The van der Waals surface area contributed by atoms with Gasteiger partial charge >= 0.3 is 11.9 Å². The number of sulfone groups is 1. The van der Waals surface area contributed by atoms with Gasteiger partial charge in [-0.3, -0.25) is 4.79 Å². The Morgan fingerprint density at radius 3 is 2.18 bits per heavy atom. The summed E-state index contributed by atoms with van der Waals surface area (Å²) >= 11 is -3.73. The molecule has 0 spiro atoms. The molecule has 0 fully saturated rings. The lowest BCUT2D eigenvalue weighted by Crippen LogP contribution is -2.67. The molecule has 0 aromatic carbocycles. The largest absolute Gasteiger partial charge is 0.481 e. The Morgan fingerprint density at radius 2 is 1.86 bits per heavy atom. The Balaban J connectivity index is 3.82. The predicted octanol–water partition coefficient (Wildman–Crippen LogP) is 0.557. The average molecular weight is 366 g/mol. The summed E-state index contributed by atoms with van der Waals surface area (Å²) in [6.07, 6.45) is 0.333. The minimum Gasteiger partial charge on any atom is -0.481 e. The van der Waals surface area contributed by atoms with Crippen molar-refractivity contribution in [3.8, 4) is 0 Å². The van der Waals surface area contributed by atoms with Gasteiger partial charge in [-0.25, -0.2) is 25.8 Å². The zero-order valence-corrected chi connectivity index (χ0v) is 13.0. The highest BCUT2D eigenvalue weighted by Crippen LogP contribution is 2.53. The number of alkyl halides is 3. The maximum absolute atomic E-state index is 14.5. The first kappa shape index (κ1) is 19.1. The number of carboxylic acids is 1. The number of rotatable bonds is 5. The van der Waals surface area contributed by atoms with E-state index >= 15 is 0 Å². The molecule has 0 bridgehead atoms. The van der Waals surface area contributed by atoms with Crippen molar-refractivity contribution in [2.45, 2.75) is 22.8 Å². The fourth-order valence-corrected chi connectivity index (χ4v) is 4.73. The van der Waals surface area contributed by atoms with Crippen LogP contribution in [0.1, 0.15) is 6.92 Å². The molecule has 0 heterocycles. The molecule has 1 rings (SSSR count). The normalized spacial score (nSPS) is 36.0. The van der Waals surface area contributed by atoms with Crippen molar-refractivity contribution >= 4 is 26.9 Å². The van der Waals surface area contributed by atoms with E-state index < -0.39 is 55.3 Å². The molecule has 0 saturated carbocycles. The van der Waals surface area contributed by atoms with Crippen molar-refractivity contribution in [3.63, 3.8) is 0 Å². The minimum absolute atomic E-state index is 0.0203. The molecule has 128 valence electrons. The molecule has 0 aromatic heterocycles. The fraction of sp³-hybridized carbons (Fsp3) is 0.700. The van der Waals surface area contributed by atoms with Crippen LogP contribution in [0.25, 0.3) is 0 Å². The molecular weight excluding hydrogens is 353 g/mol. The fourth-order valence-electron chi connectivity index (χ4n) is 2.23. The first-order valence-electron chi connectivity index (χ1n) is 5.72. The van der Waals surface area contributed by atoms with Gasteiger partial charge in [0.2, 0.25) is 5.85 Å². The van der Waals surface area contributed by atoms with Gasteiger partial charge < -0.3 is 14.4 Å². The van der Waals surface area contributed by atoms with Crippen LogP contribution >= 0.6 is 0 Å². The zero-order valence-electron chi connectivity index (χ0n) is 11.3. The number of carbonyl (C=O) groups is 1. The van der Waals surface area contributed by atoms with Gasteiger partial charge in [0.15, 0.2) is 26.8 Å². The number of aliphatic carboxylic acids is 1. The number of carboxylic acid groups (broad SMARTS) is 1. The van der Waals surface area contributed by atoms with Crippen molar-refractivity contribution in [1.82, 2.24) is 0 Å². The molecule has 0 aromatic rings. The van der Waals surface area contributed by atoms with E-state index in [1.807, 2.05) is 0 Å². The van der Waals surface area contributed by atoms with Crippen molar-refractivity contribution < 1.29 is 45.0 Å². The topological polar surface area (TPSA) is 118 Å². The lowest BCUT2D eigenvalue weighted by molar-refractivity contribution is -0.225. The van der Waals surface area contributed by atoms with Crippen LogP contribution in [0.5, 0.6) is 0 Å². The van der Waals surface area contributed by atoms with Crippen molar-refractivity contribution in [2.75, 3.05) is 12.9 Å². The molecule has 12 heteroatoms. The zero-order chi connectivity index (χ0) is 17.6. The van der Waals surface area contributed by atoms with Gasteiger partial charge in [0.05, 0.1) is 0 Å². The molecular formula is C10H13F3O7S2. The summed E-state index contributed by atoms with van der Waals surface area (Å²) in [7, 11) is -5.00. The van der Waals surface area contributed by atoms with Crippen molar-refractivity contribution in [2.24, 2.45) is 5.92 Å². The van der Waals surface area contributed by atoms with Gasteiger partial charge in [-0.15, -0.1) is 0 Å². The minimum atomic E-state index is -5.00. The summed E-state index contributed by atoms with van der Waals surface area (Å²) in [5.41, 5.74) is 0. The van der Waals surface area contributed by atoms with Crippen LogP contribution in [-0.2, 0) is 30.4 Å². The summed E-state index contributed by atoms with van der Waals surface area (Å²) in [5, 5.41) is 8.91. The van der Waals surface area contributed by atoms with Crippen LogP contribution < -0.4 is 0 Å². The van der Waals surface area contributed by atoms with E-state index in [9.17, 15) is 30.6 Å². The Kier molecular flexibility index (Phi) is 4.84. The van der Waals surface area contributed by atoms with Gasteiger partial charge in [-0.1, -0.05) is 0 Å². The molecule has 4 unspecified atom stereocenters. The lowest BCUT2D eigenvalue weighted by atomic mass is 9.85. The first-order chi connectivity index (χ1) is 9.78.